The average molecular weight is 280 g/mol. The average Bonchev–Trinajstić information content (AvgIpc) is 2.93. The van der Waals surface area contributed by atoms with E-state index in [9.17, 15) is 8.42 Å². The Morgan fingerprint density at radius 2 is 2.21 bits per heavy atom. The predicted octanol–water partition coefficient (Wildman–Crippen LogP) is 0.165. The Kier molecular flexibility index (Phi) is 3.02. The molecule has 2 aromatic rings. The zero-order valence-electron chi connectivity index (χ0n) is 10.5. The van der Waals surface area contributed by atoms with Crippen LogP contribution in [0.15, 0.2) is 18.3 Å². The van der Waals surface area contributed by atoms with E-state index in [-0.39, 0.29) is 11.7 Å². The molecule has 0 radical (unpaired) electrons. The first-order chi connectivity index (χ1) is 9.07. The summed E-state index contributed by atoms with van der Waals surface area (Å²) in [5.74, 6) is 1.52. The van der Waals surface area contributed by atoms with E-state index in [0.717, 1.165) is 17.0 Å². The van der Waals surface area contributed by atoms with Crippen LogP contribution < -0.4 is 5.73 Å². The highest BCUT2D eigenvalue weighted by molar-refractivity contribution is 7.91. The van der Waals surface area contributed by atoms with Crippen LogP contribution in [0.25, 0.3) is 5.65 Å². The second-order valence-electron chi connectivity index (χ2n) is 5.06. The van der Waals surface area contributed by atoms with Gasteiger partial charge in [-0.3, -0.25) is 4.40 Å². The van der Waals surface area contributed by atoms with Crippen LogP contribution in [-0.2, 0) is 22.8 Å². The van der Waals surface area contributed by atoms with Crippen LogP contribution in [0.1, 0.15) is 17.8 Å². The number of fused-ring (bicyclic) bond motifs is 1. The quantitative estimate of drug-likeness (QED) is 0.865. The number of pyridine rings is 1. The fourth-order valence-corrected chi connectivity index (χ4v) is 4.40. The van der Waals surface area contributed by atoms with Gasteiger partial charge in [0.05, 0.1) is 11.5 Å². The minimum atomic E-state index is -2.84. The molecule has 1 saturated heterocycles. The minimum Gasteiger partial charge on any atom is -0.326 e. The monoisotopic (exact) mass is 280 g/mol. The van der Waals surface area contributed by atoms with Crippen LogP contribution in [0.4, 0.5) is 0 Å². The SMILES string of the molecule is NCc1ccc2nnc(CC3CCS(=O)(=O)C3)n2c1. The summed E-state index contributed by atoms with van der Waals surface area (Å²) in [5.41, 5.74) is 7.40. The molecule has 19 heavy (non-hydrogen) atoms. The van der Waals surface area contributed by atoms with Crippen molar-refractivity contribution in [1.29, 1.82) is 0 Å². The molecule has 1 aliphatic heterocycles. The Hall–Kier alpha value is -1.47. The third-order valence-corrected chi connectivity index (χ3v) is 5.40. The summed E-state index contributed by atoms with van der Waals surface area (Å²) in [6, 6.07) is 3.80. The topological polar surface area (TPSA) is 90.3 Å². The van der Waals surface area contributed by atoms with Crippen molar-refractivity contribution in [1.82, 2.24) is 14.6 Å². The molecule has 1 aliphatic rings. The number of hydrogen-bond acceptors (Lipinski definition) is 5. The fraction of sp³-hybridized carbons (Fsp3) is 0.500. The smallest absolute Gasteiger partial charge is 0.160 e. The van der Waals surface area contributed by atoms with Crippen molar-refractivity contribution in [2.45, 2.75) is 19.4 Å². The number of sulfone groups is 1. The Morgan fingerprint density at radius 1 is 1.37 bits per heavy atom. The predicted molar refractivity (Wildman–Crippen MR) is 71.3 cm³/mol. The molecule has 0 spiro atoms. The molecular weight excluding hydrogens is 264 g/mol. The van der Waals surface area contributed by atoms with E-state index >= 15 is 0 Å². The lowest BCUT2D eigenvalue weighted by Crippen LogP contribution is -2.10. The van der Waals surface area contributed by atoms with E-state index < -0.39 is 9.84 Å². The van der Waals surface area contributed by atoms with Gasteiger partial charge in [0.25, 0.3) is 0 Å². The number of hydrogen-bond donors (Lipinski definition) is 1. The van der Waals surface area contributed by atoms with Gasteiger partial charge in [-0.15, -0.1) is 10.2 Å². The molecule has 6 nitrogen and oxygen atoms in total. The molecule has 0 aliphatic carbocycles. The molecule has 1 atom stereocenters. The Labute approximate surface area is 111 Å². The van der Waals surface area contributed by atoms with Crippen molar-refractivity contribution >= 4 is 15.5 Å². The normalized spacial score (nSPS) is 22.1. The fourth-order valence-electron chi connectivity index (χ4n) is 2.53. The third kappa shape index (κ3) is 2.48. The van der Waals surface area contributed by atoms with E-state index in [4.69, 9.17) is 5.73 Å². The molecule has 3 heterocycles. The van der Waals surface area contributed by atoms with Crippen molar-refractivity contribution < 1.29 is 8.42 Å². The maximum atomic E-state index is 11.5. The summed E-state index contributed by atoms with van der Waals surface area (Å²) in [4.78, 5) is 0. The zero-order chi connectivity index (χ0) is 13.5. The highest BCUT2D eigenvalue weighted by Gasteiger charge is 2.29. The molecule has 0 aromatic carbocycles. The maximum absolute atomic E-state index is 11.5. The molecule has 3 rings (SSSR count). The highest BCUT2D eigenvalue weighted by atomic mass is 32.2. The van der Waals surface area contributed by atoms with Crippen molar-refractivity contribution in [2.75, 3.05) is 11.5 Å². The van der Waals surface area contributed by atoms with Gasteiger partial charge in [0.15, 0.2) is 15.5 Å². The zero-order valence-corrected chi connectivity index (χ0v) is 11.3. The van der Waals surface area contributed by atoms with Gasteiger partial charge < -0.3 is 5.73 Å². The first-order valence-electron chi connectivity index (χ1n) is 6.30. The largest absolute Gasteiger partial charge is 0.326 e. The van der Waals surface area contributed by atoms with E-state index in [0.29, 0.717) is 25.1 Å². The molecule has 1 unspecified atom stereocenters. The Morgan fingerprint density at radius 3 is 2.89 bits per heavy atom. The van der Waals surface area contributed by atoms with Gasteiger partial charge in [-0.1, -0.05) is 6.07 Å². The number of nitrogens with two attached hydrogens (primary N) is 1. The van der Waals surface area contributed by atoms with Crippen LogP contribution in [0, 0.1) is 5.92 Å². The van der Waals surface area contributed by atoms with Gasteiger partial charge in [-0.05, 0) is 24.0 Å². The summed E-state index contributed by atoms with van der Waals surface area (Å²) >= 11 is 0. The van der Waals surface area contributed by atoms with Crippen LogP contribution in [-0.4, -0.2) is 34.5 Å². The van der Waals surface area contributed by atoms with Crippen molar-refractivity contribution in [3.05, 3.63) is 29.7 Å². The van der Waals surface area contributed by atoms with E-state index in [1.54, 1.807) is 0 Å². The maximum Gasteiger partial charge on any atom is 0.160 e. The standard InChI is InChI=1S/C12H16N4O2S/c13-6-10-1-2-11-14-15-12(16(11)7-10)5-9-3-4-19(17,18)8-9/h1-2,7,9H,3-6,8,13H2. The van der Waals surface area contributed by atoms with Crippen molar-refractivity contribution in [3.63, 3.8) is 0 Å². The van der Waals surface area contributed by atoms with Gasteiger partial charge >= 0.3 is 0 Å². The minimum absolute atomic E-state index is 0.152. The van der Waals surface area contributed by atoms with Crippen LogP contribution in [0.3, 0.4) is 0 Å². The number of rotatable bonds is 3. The summed E-state index contributed by atoms with van der Waals surface area (Å²) in [5, 5.41) is 8.25. The van der Waals surface area contributed by atoms with Gasteiger partial charge in [0.1, 0.15) is 5.82 Å². The molecule has 102 valence electrons. The van der Waals surface area contributed by atoms with E-state index in [2.05, 4.69) is 10.2 Å². The summed E-state index contributed by atoms with van der Waals surface area (Å²) < 4.78 is 24.9. The first-order valence-corrected chi connectivity index (χ1v) is 8.12. The van der Waals surface area contributed by atoms with Crippen molar-refractivity contribution in [2.24, 2.45) is 11.7 Å². The van der Waals surface area contributed by atoms with Crippen LogP contribution >= 0.6 is 0 Å². The van der Waals surface area contributed by atoms with Crippen LogP contribution in [0.2, 0.25) is 0 Å². The van der Waals surface area contributed by atoms with Crippen LogP contribution in [0.5, 0.6) is 0 Å². The third-order valence-electron chi connectivity index (χ3n) is 3.57. The summed E-state index contributed by atoms with van der Waals surface area (Å²) in [6.45, 7) is 0.464. The molecule has 7 heteroatoms. The molecule has 2 N–H and O–H groups in total. The lowest BCUT2D eigenvalue weighted by Gasteiger charge is -2.06. The summed E-state index contributed by atoms with van der Waals surface area (Å²) in [7, 11) is -2.84. The lowest BCUT2D eigenvalue weighted by atomic mass is 10.1. The van der Waals surface area contributed by atoms with E-state index in [1.165, 1.54) is 0 Å². The van der Waals surface area contributed by atoms with E-state index in [1.807, 2.05) is 22.7 Å². The number of nitrogens with zero attached hydrogens (tertiary/aromatic N) is 3. The second-order valence-corrected chi connectivity index (χ2v) is 7.29. The summed E-state index contributed by atoms with van der Waals surface area (Å²) in [6.07, 6.45) is 3.29. The van der Waals surface area contributed by atoms with Gasteiger partial charge in [0.2, 0.25) is 0 Å². The Balaban J connectivity index is 1.89. The molecule has 0 amide bonds. The van der Waals surface area contributed by atoms with Gasteiger partial charge in [-0.2, -0.15) is 0 Å². The first kappa shape index (κ1) is 12.6. The van der Waals surface area contributed by atoms with Gasteiger partial charge in [-0.25, -0.2) is 8.42 Å². The molecule has 0 saturated carbocycles. The molecule has 2 aromatic heterocycles. The lowest BCUT2D eigenvalue weighted by molar-refractivity contribution is 0.566. The second kappa shape index (κ2) is 4.57. The highest BCUT2D eigenvalue weighted by Crippen LogP contribution is 2.22. The molecule has 1 fully saturated rings. The molecular formula is C12H16N4O2S. The Bertz CT molecular complexity index is 708. The molecule has 0 bridgehead atoms. The number of aromatic nitrogens is 3. The van der Waals surface area contributed by atoms with Gasteiger partial charge in [0, 0.05) is 19.2 Å². The van der Waals surface area contributed by atoms with Crippen molar-refractivity contribution in [3.8, 4) is 0 Å².